The van der Waals surface area contributed by atoms with Crippen molar-refractivity contribution in [2.24, 2.45) is 11.3 Å². The molecule has 1 atom stereocenters. The van der Waals surface area contributed by atoms with Gasteiger partial charge in [0.05, 0.1) is 15.0 Å². The zero-order chi connectivity index (χ0) is 18.4. The molecule has 4 nitrogen and oxygen atoms in total. The van der Waals surface area contributed by atoms with Crippen LogP contribution in [0.25, 0.3) is 0 Å². The van der Waals surface area contributed by atoms with E-state index in [1.54, 1.807) is 11.8 Å². The second-order valence-electron chi connectivity index (χ2n) is 7.88. The molecule has 0 aromatic carbocycles. The number of ketones is 1. The van der Waals surface area contributed by atoms with Crippen LogP contribution in [0.4, 0.5) is 0 Å². The van der Waals surface area contributed by atoms with Gasteiger partial charge in [-0.2, -0.15) is 0 Å². The Bertz CT molecular complexity index is 714. The molecule has 136 valence electrons. The quantitative estimate of drug-likeness (QED) is 0.450. The highest BCUT2D eigenvalue weighted by molar-refractivity contribution is 8.01. The number of aldehydes is 1. The summed E-state index contributed by atoms with van der Waals surface area (Å²) in [7, 11) is 0. The maximum absolute atomic E-state index is 13.1. The smallest absolute Gasteiger partial charge is 0.264 e. The normalized spacial score (nSPS) is 22.4. The topological polar surface area (TPSA) is 54.5 Å². The molecule has 0 spiro atoms. The zero-order valence-electron chi connectivity index (χ0n) is 15.3. The Morgan fingerprint density at radius 3 is 2.52 bits per heavy atom. The highest BCUT2D eigenvalue weighted by atomic mass is 32.2. The van der Waals surface area contributed by atoms with Crippen molar-refractivity contribution in [1.82, 2.24) is 4.90 Å². The first-order chi connectivity index (χ1) is 11.8. The molecule has 1 aliphatic carbocycles. The summed E-state index contributed by atoms with van der Waals surface area (Å²) in [6.45, 7) is 9.65. The fourth-order valence-electron chi connectivity index (χ4n) is 3.72. The van der Waals surface area contributed by atoms with E-state index in [4.69, 9.17) is 0 Å². The molecule has 1 unspecified atom stereocenters. The zero-order valence-corrected chi connectivity index (χ0v) is 16.9. The van der Waals surface area contributed by atoms with Gasteiger partial charge in [-0.25, -0.2) is 0 Å². The van der Waals surface area contributed by atoms with Crippen LogP contribution in [0.15, 0.2) is 4.21 Å². The third-order valence-electron chi connectivity index (χ3n) is 5.04. The van der Waals surface area contributed by atoms with Crippen LogP contribution in [0.5, 0.6) is 0 Å². The van der Waals surface area contributed by atoms with E-state index < -0.39 is 11.3 Å². The average molecular weight is 380 g/mol. The Morgan fingerprint density at radius 2 is 1.96 bits per heavy atom. The van der Waals surface area contributed by atoms with E-state index in [2.05, 4.69) is 13.8 Å². The summed E-state index contributed by atoms with van der Waals surface area (Å²) in [6, 6.07) is 0. The summed E-state index contributed by atoms with van der Waals surface area (Å²) in [5, 5.41) is 0.315. The first-order valence-corrected chi connectivity index (χ1v) is 10.6. The number of rotatable bonds is 4. The van der Waals surface area contributed by atoms with E-state index in [-0.39, 0.29) is 11.7 Å². The minimum absolute atomic E-state index is 0.0579. The molecule has 0 N–H and O–H groups in total. The van der Waals surface area contributed by atoms with Gasteiger partial charge in [0.1, 0.15) is 6.29 Å². The van der Waals surface area contributed by atoms with E-state index in [1.807, 2.05) is 18.7 Å². The highest BCUT2D eigenvalue weighted by Gasteiger charge is 2.45. The molecule has 1 aliphatic heterocycles. The van der Waals surface area contributed by atoms with Crippen molar-refractivity contribution in [3.8, 4) is 0 Å². The lowest BCUT2D eigenvalue weighted by atomic mass is 9.67. The van der Waals surface area contributed by atoms with E-state index in [0.717, 1.165) is 42.0 Å². The predicted molar refractivity (Wildman–Crippen MR) is 102 cm³/mol. The van der Waals surface area contributed by atoms with Crippen LogP contribution >= 0.6 is 23.1 Å². The van der Waals surface area contributed by atoms with Crippen LogP contribution in [-0.2, 0) is 11.2 Å². The molecule has 25 heavy (non-hydrogen) atoms. The maximum atomic E-state index is 13.1. The van der Waals surface area contributed by atoms with Gasteiger partial charge in [0, 0.05) is 23.9 Å². The average Bonchev–Trinajstić information content (AvgIpc) is 3.14. The molecular weight excluding hydrogens is 354 g/mol. The monoisotopic (exact) mass is 379 g/mol. The van der Waals surface area contributed by atoms with Gasteiger partial charge >= 0.3 is 0 Å². The van der Waals surface area contributed by atoms with Gasteiger partial charge in [0.2, 0.25) is 0 Å². The van der Waals surface area contributed by atoms with Crippen molar-refractivity contribution in [2.45, 2.75) is 56.4 Å². The molecule has 1 aromatic rings. The maximum Gasteiger partial charge on any atom is 0.264 e. The van der Waals surface area contributed by atoms with Gasteiger partial charge in [-0.3, -0.25) is 9.59 Å². The lowest BCUT2D eigenvalue weighted by molar-refractivity contribution is -0.112. The molecule has 1 amide bonds. The Kier molecular flexibility index (Phi) is 5.13. The molecule has 1 fully saturated rings. The standard InChI is InChI=1S/C19H25NO3S2/c1-11(2)24-18-14-12(9-19(3,4)13(10-21)15(14)22)16(25-18)17(23)20-7-5-6-8-20/h10-11,13H,5-9H2,1-4H3. The van der Waals surface area contributed by atoms with Crippen molar-refractivity contribution in [1.29, 1.82) is 0 Å². The summed E-state index contributed by atoms with van der Waals surface area (Å²) in [4.78, 5) is 40.3. The molecule has 2 aliphatic rings. The third kappa shape index (κ3) is 3.31. The SMILES string of the molecule is CC(C)Sc1sc(C(=O)N2CCCC2)c2c1C(=O)C(C=O)C(C)(C)C2. The summed E-state index contributed by atoms with van der Waals surface area (Å²) >= 11 is 3.07. The number of thioether (sulfide) groups is 1. The number of hydrogen-bond donors (Lipinski definition) is 0. The number of Topliss-reactive ketones (excluding diaryl/α,β-unsaturated/α-hetero) is 1. The van der Waals surface area contributed by atoms with Crippen molar-refractivity contribution < 1.29 is 14.4 Å². The highest BCUT2D eigenvalue weighted by Crippen LogP contribution is 2.48. The van der Waals surface area contributed by atoms with Gasteiger partial charge in [0.25, 0.3) is 5.91 Å². The summed E-state index contributed by atoms with van der Waals surface area (Å²) in [6.07, 6.45) is 3.48. The molecule has 2 heterocycles. The molecule has 3 rings (SSSR count). The molecule has 6 heteroatoms. The first-order valence-electron chi connectivity index (χ1n) is 8.87. The number of hydrogen-bond acceptors (Lipinski definition) is 5. The van der Waals surface area contributed by atoms with Crippen LogP contribution in [0.1, 0.15) is 66.1 Å². The molecule has 0 saturated carbocycles. The lowest BCUT2D eigenvalue weighted by Crippen LogP contribution is -2.39. The minimum Gasteiger partial charge on any atom is -0.338 e. The van der Waals surface area contributed by atoms with Crippen LogP contribution < -0.4 is 0 Å². The van der Waals surface area contributed by atoms with Crippen molar-refractivity contribution >= 4 is 41.1 Å². The lowest BCUT2D eigenvalue weighted by Gasteiger charge is -2.35. The van der Waals surface area contributed by atoms with Crippen LogP contribution in [0, 0.1) is 11.3 Å². The van der Waals surface area contributed by atoms with E-state index in [0.29, 0.717) is 22.1 Å². The van der Waals surface area contributed by atoms with Crippen LogP contribution in [0.3, 0.4) is 0 Å². The van der Waals surface area contributed by atoms with Gasteiger partial charge in [-0.05, 0) is 30.2 Å². The Balaban J connectivity index is 2.11. The van der Waals surface area contributed by atoms with E-state index in [1.165, 1.54) is 11.3 Å². The molecule has 1 aromatic heterocycles. The molecule has 0 radical (unpaired) electrons. The van der Waals surface area contributed by atoms with E-state index >= 15 is 0 Å². The summed E-state index contributed by atoms with van der Waals surface area (Å²) < 4.78 is 0.903. The Labute approximate surface area is 157 Å². The van der Waals surface area contributed by atoms with Crippen molar-refractivity contribution in [3.63, 3.8) is 0 Å². The van der Waals surface area contributed by atoms with Crippen molar-refractivity contribution in [3.05, 3.63) is 16.0 Å². The fourth-order valence-corrected chi connectivity index (χ4v) is 6.53. The second kappa shape index (κ2) is 6.88. The third-order valence-corrected chi connectivity index (χ3v) is 7.49. The van der Waals surface area contributed by atoms with Gasteiger partial charge in [-0.15, -0.1) is 23.1 Å². The molecule has 0 bridgehead atoms. The number of nitrogens with zero attached hydrogens (tertiary/aromatic N) is 1. The number of amides is 1. The Morgan fingerprint density at radius 1 is 1.32 bits per heavy atom. The number of carbonyl (C=O) groups excluding carboxylic acids is 3. The van der Waals surface area contributed by atoms with Gasteiger partial charge in [-0.1, -0.05) is 27.7 Å². The van der Waals surface area contributed by atoms with Gasteiger partial charge < -0.3 is 9.69 Å². The van der Waals surface area contributed by atoms with Gasteiger partial charge in [0.15, 0.2) is 5.78 Å². The van der Waals surface area contributed by atoms with Crippen LogP contribution in [0.2, 0.25) is 0 Å². The van der Waals surface area contributed by atoms with Crippen molar-refractivity contribution in [2.75, 3.05) is 13.1 Å². The minimum atomic E-state index is -0.629. The van der Waals surface area contributed by atoms with E-state index in [9.17, 15) is 14.4 Å². The summed E-state index contributed by atoms with van der Waals surface area (Å²) in [5.74, 6) is -0.681. The largest absolute Gasteiger partial charge is 0.338 e. The molecular formula is C19H25NO3S2. The predicted octanol–water partition coefficient (Wildman–Crippen LogP) is 4.06. The second-order valence-corrected chi connectivity index (χ2v) is 10.7. The van der Waals surface area contributed by atoms with Crippen LogP contribution in [-0.4, -0.2) is 41.2 Å². The number of fused-ring (bicyclic) bond motifs is 1. The number of thiophene rings is 1. The fraction of sp³-hybridized carbons (Fsp3) is 0.632. The number of likely N-dealkylation sites (tertiary alicyclic amines) is 1. The number of carbonyl (C=O) groups is 3. The molecule has 1 saturated heterocycles. The Hall–Kier alpha value is -1.14. The first kappa shape index (κ1) is 18.6. The summed E-state index contributed by atoms with van der Waals surface area (Å²) in [5.41, 5.74) is 1.06.